The minimum Gasteiger partial charge on any atom is -0.467 e. The van der Waals surface area contributed by atoms with Crippen LogP contribution in [0.5, 0.6) is 5.88 Å². The number of hydrogen-bond acceptors (Lipinski definition) is 5. The third kappa shape index (κ3) is 5.82. The maximum Gasteiger partial charge on any atom is 0.422 e. The minimum absolute atomic E-state index is 0.167. The van der Waals surface area contributed by atoms with Crippen LogP contribution in [-0.2, 0) is 0 Å². The number of pyridine rings is 1. The molecular formula is C24H18F3N5O3. The average molecular weight is 481 g/mol. The second-order valence-corrected chi connectivity index (χ2v) is 7.21. The van der Waals surface area contributed by atoms with Crippen LogP contribution in [0.25, 0.3) is 16.9 Å². The highest BCUT2D eigenvalue weighted by Gasteiger charge is 2.29. The number of nitrogens with zero attached hydrogens (tertiary/aromatic N) is 3. The molecule has 2 aromatic carbocycles. The highest BCUT2D eigenvalue weighted by atomic mass is 19.4. The first-order valence-corrected chi connectivity index (χ1v) is 10.3. The van der Waals surface area contributed by atoms with Gasteiger partial charge in [0.15, 0.2) is 6.61 Å². The van der Waals surface area contributed by atoms with Gasteiger partial charge in [-0.2, -0.15) is 18.3 Å². The van der Waals surface area contributed by atoms with Gasteiger partial charge in [0.05, 0.1) is 11.3 Å². The molecule has 2 amide bonds. The third-order valence-corrected chi connectivity index (χ3v) is 4.70. The summed E-state index contributed by atoms with van der Waals surface area (Å²) in [5.41, 5.74) is 6.11. The molecule has 8 nitrogen and oxygen atoms in total. The van der Waals surface area contributed by atoms with E-state index in [2.05, 4.69) is 25.7 Å². The Morgan fingerprint density at radius 1 is 0.857 bits per heavy atom. The quantitative estimate of drug-likeness (QED) is 0.407. The Labute approximate surface area is 197 Å². The number of rotatable bonds is 6. The van der Waals surface area contributed by atoms with E-state index in [-0.39, 0.29) is 11.1 Å². The van der Waals surface area contributed by atoms with Crippen LogP contribution in [-0.4, -0.2) is 39.4 Å². The number of hydrazine groups is 1. The normalized spacial score (nSPS) is 11.1. The number of carbonyl (C=O) groups is 2. The van der Waals surface area contributed by atoms with E-state index in [1.165, 1.54) is 29.2 Å². The number of carbonyl (C=O) groups excluding carboxylic acids is 2. The van der Waals surface area contributed by atoms with Gasteiger partial charge in [0.2, 0.25) is 5.88 Å². The van der Waals surface area contributed by atoms with E-state index < -0.39 is 30.5 Å². The molecule has 0 unspecified atom stereocenters. The lowest BCUT2D eigenvalue weighted by atomic mass is 10.1. The molecule has 11 heteroatoms. The van der Waals surface area contributed by atoms with E-state index >= 15 is 0 Å². The van der Waals surface area contributed by atoms with Crippen LogP contribution in [0.3, 0.4) is 0 Å². The molecule has 0 aliphatic carbocycles. The van der Waals surface area contributed by atoms with Crippen LogP contribution >= 0.6 is 0 Å². The summed E-state index contributed by atoms with van der Waals surface area (Å²) in [4.78, 5) is 29.2. The second-order valence-electron chi connectivity index (χ2n) is 7.21. The second kappa shape index (κ2) is 10.1. The number of alkyl halides is 3. The third-order valence-electron chi connectivity index (χ3n) is 4.70. The van der Waals surface area contributed by atoms with Crippen molar-refractivity contribution in [2.45, 2.75) is 6.18 Å². The van der Waals surface area contributed by atoms with Crippen molar-refractivity contribution in [2.24, 2.45) is 0 Å². The van der Waals surface area contributed by atoms with Gasteiger partial charge >= 0.3 is 6.18 Å². The van der Waals surface area contributed by atoms with Crippen molar-refractivity contribution in [3.05, 3.63) is 96.3 Å². The summed E-state index contributed by atoms with van der Waals surface area (Å²) in [6.45, 7) is -1.62. The van der Waals surface area contributed by atoms with E-state index in [1.54, 1.807) is 24.3 Å². The standard InChI is InChI=1S/C24H18F3N5O3/c25-24(26,27)15-35-23-18(12-7-13-28-23)21(33)29-30-22(34)19-14-32(17-10-5-2-6-11-17)31-20(19)16-8-3-1-4-9-16/h1-14H,15H2,(H,29,33)(H,30,34). The maximum absolute atomic E-state index is 13.0. The molecule has 0 aliphatic heterocycles. The first-order chi connectivity index (χ1) is 16.8. The van der Waals surface area contributed by atoms with Crippen molar-refractivity contribution in [1.29, 1.82) is 0 Å². The SMILES string of the molecule is O=C(NNC(=O)c1cn(-c2ccccc2)nc1-c1ccccc1)c1cccnc1OCC(F)(F)F. The summed E-state index contributed by atoms with van der Waals surface area (Å²) >= 11 is 0. The van der Waals surface area contributed by atoms with Gasteiger partial charge in [-0.15, -0.1) is 0 Å². The molecule has 0 aliphatic rings. The molecule has 35 heavy (non-hydrogen) atoms. The fourth-order valence-electron chi connectivity index (χ4n) is 3.14. The van der Waals surface area contributed by atoms with Crippen molar-refractivity contribution in [2.75, 3.05) is 6.61 Å². The fraction of sp³-hybridized carbons (Fsp3) is 0.0833. The predicted molar refractivity (Wildman–Crippen MR) is 120 cm³/mol. The Kier molecular flexibility index (Phi) is 6.76. The zero-order chi connectivity index (χ0) is 24.8. The van der Waals surface area contributed by atoms with E-state index in [0.717, 1.165) is 5.69 Å². The van der Waals surface area contributed by atoms with Crippen LogP contribution in [0.4, 0.5) is 13.2 Å². The van der Waals surface area contributed by atoms with E-state index in [9.17, 15) is 22.8 Å². The van der Waals surface area contributed by atoms with Crippen molar-refractivity contribution in [1.82, 2.24) is 25.6 Å². The van der Waals surface area contributed by atoms with Gasteiger partial charge in [0, 0.05) is 18.0 Å². The van der Waals surface area contributed by atoms with Crippen molar-refractivity contribution >= 4 is 11.8 Å². The van der Waals surface area contributed by atoms with E-state index in [1.807, 2.05) is 36.4 Å². The fourth-order valence-corrected chi connectivity index (χ4v) is 3.14. The zero-order valence-corrected chi connectivity index (χ0v) is 18.0. The van der Waals surface area contributed by atoms with Gasteiger partial charge in [-0.3, -0.25) is 20.4 Å². The Hall–Kier alpha value is -4.67. The Morgan fingerprint density at radius 3 is 2.14 bits per heavy atom. The minimum atomic E-state index is -4.60. The summed E-state index contributed by atoms with van der Waals surface area (Å²) < 4.78 is 43.7. The first-order valence-electron chi connectivity index (χ1n) is 10.3. The number of para-hydroxylation sites is 1. The van der Waals surface area contributed by atoms with Gasteiger partial charge in [-0.05, 0) is 24.3 Å². The molecule has 4 aromatic rings. The Morgan fingerprint density at radius 2 is 1.49 bits per heavy atom. The van der Waals surface area contributed by atoms with Crippen molar-refractivity contribution < 1.29 is 27.5 Å². The molecule has 2 aromatic heterocycles. The molecule has 0 saturated carbocycles. The molecule has 2 N–H and O–H groups in total. The summed E-state index contributed by atoms with van der Waals surface area (Å²) in [6, 6.07) is 20.7. The van der Waals surface area contributed by atoms with Gasteiger partial charge in [-0.25, -0.2) is 9.67 Å². The Bertz CT molecular complexity index is 1330. The number of hydrogen-bond donors (Lipinski definition) is 2. The number of amides is 2. The molecule has 0 saturated heterocycles. The molecule has 178 valence electrons. The molecule has 0 fully saturated rings. The number of halogens is 3. The highest BCUT2D eigenvalue weighted by molar-refractivity contribution is 6.02. The number of aromatic nitrogens is 3. The predicted octanol–water partition coefficient (Wildman–Crippen LogP) is 3.95. The summed E-state index contributed by atoms with van der Waals surface area (Å²) in [5, 5.41) is 4.53. The molecule has 0 atom stereocenters. The largest absolute Gasteiger partial charge is 0.467 e. The summed E-state index contributed by atoms with van der Waals surface area (Å²) in [6.07, 6.45) is -1.90. The lowest BCUT2D eigenvalue weighted by Gasteiger charge is -2.12. The topological polar surface area (TPSA) is 98.1 Å². The van der Waals surface area contributed by atoms with Gasteiger partial charge in [-0.1, -0.05) is 48.5 Å². The van der Waals surface area contributed by atoms with Crippen LogP contribution in [0.2, 0.25) is 0 Å². The Balaban J connectivity index is 1.55. The van der Waals surface area contributed by atoms with Crippen molar-refractivity contribution in [3.63, 3.8) is 0 Å². The number of ether oxygens (including phenoxy) is 1. The highest BCUT2D eigenvalue weighted by Crippen LogP contribution is 2.24. The lowest BCUT2D eigenvalue weighted by Crippen LogP contribution is -2.42. The van der Waals surface area contributed by atoms with Crippen LogP contribution in [0, 0.1) is 0 Å². The molecule has 0 bridgehead atoms. The van der Waals surface area contributed by atoms with Gasteiger partial charge in [0.1, 0.15) is 11.3 Å². The zero-order valence-electron chi connectivity index (χ0n) is 18.0. The molecule has 2 heterocycles. The van der Waals surface area contributed by atoms with E-state index in [0.29, 0.717) is 11.3 Å². The maximum atomic E-state index is 13.0. The summed E-state index contributed by atoms with van der Waals surface area (Å²) in [5.74, 6) is -2.10. The van der Waals surface area contributed by atoms with Gasteiger partial charge in [0.25, 0.3) is 11.8 Å². The average Bonchev–Trinajstić information content (AvgIpc) is 3.32. The summed E-state index contributed by atoms with van der Waals surface area (Å²) in [7, 11) is 0. The van der Waals surface area contributed by atoms with E-state index in [4.69, 9.17) is 0 Å². The molecule has 4 rings (SSSR count). The number of benzene rings is 2. The number of nitrogens with one attached hydrogen (secondary N) is 2. The molecule has 0 radical (unpaired) electrons. The monoisotopic (exact) mass is 481 g/mol. The molecular weight excluding hydrogens is 463 g/mol. The smallest absolute Gasteiger partial charge is 0.422 e. The van der Waals surface area contributed by atoms with Crippen LogP contribution in [0.1, 0.15) is 20.7 Å². The molecule has 0 spiro atoms. The van der Waals surface area contributed by atoms with Crippen molar-refractivity contribution in [3.8, 4) is 22.8 Å². The first kappa shape index (κ1) is 23.5. The van der Waals surface area contributed by atoms with Gasteiger partial charge < -0.3 is 4.74 Å². The van der Waals surface area contributed by atoms with Crippen LogP contribution in [0.15, 0.2) is 85.2 Å². The van der Waals surface area contributed by atoms with Crippen LogP contribution < -0.4 is 15.6 Å². The lowest BCUT2D eigenvalue weighted by molar-refractivity contribution is -0.154.